The summed E-state index contributed by atoms with van der Waals surface area (Å²) in [7, 11) is 0. The number of aliphatic hydroxyl groups excluding tert-OH is 1. The fraction of sp³-hybridized carbons (Fsp3) is 0.111. The molecule has 0 aliphatic heterocycles. The quantitative estimate of drug-likeness (QED) is 0.775. The molecule has 0 aliphatic rings. The average Bonchev–Trinajstić information content (AvgIpc) is 2.15. The van der Waals surface area contributed by atoms with Crippen LogP contribution >= 0.6 is 11.6 Å². The van der Waals surface area contributed by atoms with Crippen LogP contribution < -0.4 is 0 Å². The lowest BCUT2D eigenvalue weighted by Gasteiger charge is -2.05. The fourth-order valence-corrected chi connectivity index (χ4v) is 1.37. The molecule has 0 unspecified atom stereocenters. The van der Waals surface area contributed by atoms with Gasteiger partial charge in [0.15, 0.2) is 0 Å². The number of benzene rings is 1. The Hall–Kier alpha value is -1.57. The molecule has 0 bridgehead atoms. The number of hydrogen-bond donors (Lipinski definition) is 2. The van der Waals surface area contributed by atoms with Crippen LogP contribution in [0.25, 0.3) is 0 Å². The zero-order chi connectivity index (χ0) is 10.7. The van der Waals surface area contributed by atoms with Gasteiger partial charge in [-0.2, -0.15) is 5.26 Å². The molecule has 0 spiro atoms. The number of carboxylic acid groups (broad SMARTS) is 1. The van der Waals surface area contributed by atoms with Crippen molar-refractivity contribution in [2.24, 2.45) is 0 Å². The summed E-state index contributed by atoms with van der Waals surface area (Å²) in [5.41, 5.74) is -0.102. The van der Waals surface area contributed by atoms with Crippen LogP contribution in [0.15, 0.2) is 12.1 Å². The van der Waals surface area contributed by atoms with Gasteiger partial charge < -0.3 is 10.2 Å². The highest BCUT2D eigenvalue weighted by atomic mass is 35.5. The molecule has 4 nitrogen and oxygen atoms in total. The van der Waals surface area contributed by atoms with Crippen LogP contribution in [0.2, 0.25) is 5.02 Å². The monoisotopic (exact) mass is 211 g/mol. The van der Waals surface area contributed by atoms with Gasteiger partial charge in [0, 0.05) is 5.02 Å². The van der Waals surface area contributed by atoms with Crippen LogP contribution in [0.4, 0.5) is 0 Å². The summed E-state index contributed by atoms with van der Waals surface area (Å²) >= 11 is 5.63. The maximum atomic E-state index is 10.8. The van der Waals surface area contributed by atoms with Crippen molar-refractivity contribution < 1.29 is 15.0 Å². The van der Waals surface area contributed by atoms with Crippen LogP contribution in [0, 0.1) is 11.3 Å². The van der Waals surface area contributed by atoms with Crippen molar-refractivity contribution in [1.29, 1.82) is 5.26 Å². The number of halogens is 1. The lowest BCUT2D eigenvalue weighted by molar-refractivity contribution is 0.0693. The molecular weight excluding hydrogens is 206 g/mol. The van der Waals surface area contributed by atoms with Gasteiger partial charge in [-0.1, -0.05) is 11.6 Å². The van der Waals surface area contributed by atoms with E-state index < -0.39 is 12.6 Å². The number of carboxylic acids is 1. The third kappa shape index (κ3) is 1.84. The summed E-state index contributed by atoms with van der Waals surface area (Å²) in [6.45, 7) is -0.461. The molecule has 1 rings (SSSR count). The van der Waals surface area contributed by atoms with Gasteiger partial charge in [0.1, 0.15) is 6.07 Å². The van der Waals surface area contributed by atoms with E-state index in [1.54, 1.807) is 6.07 Å². The van der Waals surface area contributed by atoms with Gasteiger partial charge in [0.25, 0.3) is 0 Å². The molecule has 14 heavy (non-hydrogen) atoms. The number of nitrogens with zero attached hydrogens (tertiary/aromatic N) is 1. The largest absolute Gasteiger partial charge is 0.478 e. The lowest BCUT2D eigenvalue weighted by atomic mass is 10.0. The second kappa shape index (κ2) is 4.09. The molecule has 0 aliphatic carbocycles. The molecule has 72 valence electrons. The topological polar surface area (TPSA) is 81.3 Å². The van der Waals surface area contributed by atoms with Gasteiger partial charge in [-0.05, 0) is 17.7 Å². The Labute approximate surface area is 85.0 Å². The van der Waals surface area contributed by atoms with Crippen molar-refractivity contribution >= 4 is 17.6 Å². The minimum atomic E-state index is -1.25. The number of nitriles is 1. The molecule has 0 atom stereocenters. The van der Waals surface area contributed by atoms with Gasteiger partial charge in [-0.25, -0.2) is 4.79 Å². The second-order valence-corrected chi connectivity index (χ2v) is 3.00. The first-order valence-electron chi connectivity index (χ1n) is 3.66. The maximum absolute atomic E-state index is 10.8. The fourth-order valence-electron chi connectivity index (χ4n) is 1.13. The average molecular weight is 212 g/mol. The number of aromatic carboxylic acids is 1. The molecule has 0 amide bonds. The van der Waals surface area contributed by atoms with Gasteiger partial charge in [0.05, 0.1) is 17.7 Å². The maximum Gasteiger partial charge on any atom is 0.337 e. The molecular formula is C9H6ClNO3. The van der Waals surface area contributed by atoms with Crippen molar-refractivity contribution in [3.8, 4) is 6.07 Å². The standard InChI is InChI=1S/C9H6ClNO3/c10-7-1-5(3-11)8(9(13)14)6(2-7)4-12/h1-2,12H,4H2,(H,13,14). The zero-order valence-corrected chi connectivity index (χ0v) is 7.75. The first-order chi connectivity index (χ1) is 6.60. The molecule has 0 heterocycles. The Morgan fingerprint density at radius 2 is 2.21 bits per heavy atom. The van der Waals surface area contributed by atoms with Crippen LogP contribution in [-0.4, -0.2) is 16.2 Å². The summed E-state index contributed by atoms with van der Waals surface area (Å²) in [6, 6.07) is 4.30. The number of carbonyl (C=O) groups is 1. The third-order valence-corrected chi connectivity index (χ3v) is 1.91. The van der Waals surface area contributed by atoms with E-state index in [0.717, 1.165) is 0 Å². The summed E-state index contributed by atoms with van der Waals surface area (Å²) < 4.78 is 0. The molecule has 0 fully saturated rings. The summed E-state index contributed by atoms with van der Waals surface area (Å²) in [6.07, 6.45) is 0. The SMILES string of the molecule is N#Cc1cc(Cl)cc(CO)c1C(=O)O. The van der Waals surface area contributed by atoms with Crippen LogP contribution in [0.3, 0.4) is 0 Å². The van der Waals surface area contributed by atoms with Crippen molar-refractivity contribution in [2.45, 2.75) is 6.61 Å². The molecule has 0 aromatic heterocycles. The van der Waals surface area contributed by atoms with Crippen molar-refractivity contribution in [3.05, 3.63) is 33.8 Å². The molecule has 1 aromatic carbocycles. The molecule has 2 N–H and O–H groups in total. The molecule has 5 heteroatoms. The summed E-state index contributed by atoms with van der Waals surface area (Å²) in [5, 5.41) is 26.6. The van der Waals surface area contributed by atoms with E-state index in [-0.39, 0.29) is 21.7 Å². The van der Waals surface area contributed by atoms with E-state index >= 15 is 0 Å². The highest BCUT2D eigenvalue weighted by molar-refractivity contribution is 6.31. The van der Waals surface area contributed by atoms with E-state index in [2.05, 4.69) is 0 Å². The van der Waals surface area contributed by atoms with Gasteiger partial charge in [0.2, 0.25) is 0 Å². The predicted molar refractivity (Wildman–Crippen MR) is 49.0 cm³/mol. The number of aliphatic hydroxyl groups is 1. The molecule has 0 saturated carbocycles. The predicted octanol–water partition coefficient (Wildman–Crippen LogP) is 1.40. The first-order valence-corrected chi connectivity index (χ1v) is 4.04. The van der Waals surface area contributed by atoms with Crippen LogP contribution in [-0.2, 0) is 6.61 Å². The Morgan fingerprint density at radius 3 is 2.64 bits per heavy atom. The number of rotatable bonds is 2. The second-order valence-electron chi connectivity index (χ2n) is 2.56. The lowest BCUT2D eigenvalue weighted by Crippen LogP contribution is -2.05. The third-order valence-electron chi connectivity index (χ3n) is 1.69. The summed E-state index contributed by atoms with van der Waals surface area (Å²) in [5.74, 6) is -1.25. The highest BCUT2D eigenvalue weighted by Crippen LogP contribution is 2.20. The van der Waals surface area contributed by atoms with Crippen molar-refractivity contribution in [1.82, 2.24) is 0 Å². The Morgan fingerprint density at radius 1 is 1.57 bits per heavy atom. The van der Waals surface area contributed by atoms with E-state index in [1.165, 1.54) is 12.1 Å². The van der Waals surface area contributed by atoms with E-state index in [1.807, 2.05) is 0 Å². The Kier molecular flexibility index (Phi) is 3.07. The van der Waals surface area contributed by atoms with E-state index in [9.17, 15) is 4.79 Å². The zero-order valence-electron chi connectivity index (χ0n) is 6.99. The molecule has 1 aromatic rings. The summed E-state index contributed by atoms with van der Waals surface area (Å²) in [4.78, 5) is 10.8. The minimum Gasteiger partial charge on any atom is -0.478 e. The molecule has 0 saturated heterocycles. The Balaban J connectivity index is 3.50. The molecule has 0 radical (unpaired) electrons. The highest BCUT2D eigenvalue weighted by Gasteiger charge is 2.15. The number of hydrogen-bond acceptors (Lipinski definition) is 3. The minimum absolute atomic E-state index is 0.0472. The van der Waals surface area contributed by atoms with Gasteiger partial charge in [-0.15, -0.1) is 0 Å². The van der Waals surface area contributed by atoms with E-state index in [4.69, 9.17) is 27.1 Å². The van der Waals surface area contributed by atoms with Crippen molar-refractivity contribution in [3.63, 3.8) is 0 Å². The van der Waals surface area contributed by atoms with Gasteiger partial charge in [-0.3, -0.25) is 0 Å². The first kappa shape index (κ1) is 10.5. The normalized spacial score (nSPS) is 9.50. The van der Waals surface area contributed by atoms with Crippen LogP contribution in [0.1, 0.15) is 21.5 Å². The smallest absolute Gasteiger partial charge is 0.337 e. The van der Waals surface area contributed by atoms with Crippen molar-refractivity contribution in [2.75, 3.05) is 0 Å². The van der Waals surface area contributed by atoms with Crippen LogP contribution in [0.5, 0.6) is 0 Å². The van der Waals surface area contributed by atoms with Gasteiger partial charge >= 0.3 is 5.97 Å². The Bertz CT molecular complexity index is 423. The van der Waals surface area contributed by atoms with E-state index in [0.29, 0.717) is 0 Å².